The lowest BCUT2D eigenvalue weighted by Gasteiger charge is -2.33. The van der Waals surface area contributed by atoms with Crippen molar-refractivity contribution in [3.8, 4) is 0 Å². The lowest BCUT2D eigenvalue weighted by Crippen LogP contribution is -2.25. The molecule has 2 fully saturated rings. The van der Waals surface area contributed by atoms with Gasteiger partial charge in [-0.25, -0.2) is 0 Å². The first-order valence-corrected chi connectivity index (χ1v) is 5.23. The van der Waals surface area contributed by atoms with Gasteiger partial charge < -0.3 is 5.32 Å². The van der Waals surface area contributed by atoms with E-state index in [1.165, 1.54) is 24.9 Å². The highest BCUT2D eigenvalue weighted by Gasteiger charge is 2.42. The van der Waals surface area contributed by atoms with Gasteiger partial charge in [0.05, 0.1) is 0 Å². The molecule has 1 aliphatic heterocycles. The molecule has 3 atom stereocenters. The maximum Gasteiger partial charge on any atom is 0.0351 e. The topological polar surface area (TPSA) is 12.0 Å². The number of halogens is 1. The highest BCUT2D eigenvalue weighted by molar-refractivity contribution is 5.85. The van der Waals surface area contributed by atoms with Crippen molar-refractivity contribution in [2.24, 2.45) is 11.8 Å². The van der Waals surface area contributed by atoms with Gasteiger partial charge >= 0.3 is 0 Å². The monoisotopic (exact) mass is 209 g/mol. The molecule has 1 aliphatic carbocycles. The third-order valence-electron chi connectivity index (χ3n) is 3.66. The van der Waals surface area contributed by atoms with Crippen molar-refractivity contribution in [1.29, 1.82) is 0 Å². The van der Waals surface area contributed by atoms with Crippen LogP contribution in [0.5, 0.6) is 0 Å². The summed E-state index contributed by atoms with van der Waals surface area (Å²) in [4.78, 5) is 0. The maximum absolute atomic E-state index is 3.63. The zero-order valence-electron chi connectivity index (χ0n) is 8.15. The predicted molar refractivity (Wildman–Crippen MR) is 60.6 cm³/mol. The molecule has 1 saturated carbocycles. The van der Waals surface area contributed by atoms with Crippen LogP contribution in [0, 0.1) is 11.8 Å². The van der Waals surface area contributed by atoms with Gasteiger partial charge in [-0.15, -0.1) is 12.4 Å². The molecule has 0 unspecified atom stereocenters. The van der Waals surface area contributed by atoms with Gasteiger partial charge in [-0.3, -0.25) is 0 Å². The summed E-state index contributed by atoms with van der Waals surface area (Å²) in [5.41, 5.74) is 1.48. The first-order valence-electron chi connectivity index (χ1n) is 5.23. The van der Waals surface area contributed by atoms with Crippen LogP contribution in [0.25, 0.3) is 0 Å². The Morgan fingerprint density at radius 3 is 2.43 bits per heavy atom. The van der Waals surface area contributed by atoms with Crippen LogP contribution >= 0.6 is 12.4 Å². The minimum atomic E-state index is 0. The molecule has 1 aromatic carbocycles. The van der Waals surface area contributed by atoms with E-state index >= 15 is 0 Å². The Kier molecular flexibility index (Phi) is 2.80. The van der Waals surface area contributed by atoms with Crippen LogP contribution in [0.15, 0.2) is 30.3 Å². The first-order chi connectivity index (χ1) is 6.45. The molecule has 0 amide bonds. The zero-order chi connectivity index (χ0) is 8.67. The second-order valence-corrected chi connectivity index (χ2v) is 4.30. The fourth-order valence-electron chi connectivity index (χ4n) is 2.74. The van der Waals surface area contributed by atoms with Crippen molar-refractivity contribution < 1.29 is 0 Å². The summed E-state index contributed by atoms with van der Waals surface area (Å²) in [5, 5.41) is 3.63. The van der Waals surface area contributed by atoms with Crippen LogP contribution in [-0.2, 0) is 0 Å². The summed E-state index contributed by atoms with van der Waals surface area (Å²) in [6.07, 6.45) is 2.87. The van der Waals surface area contributed by atoms with Crippen molar-refractivity contribution in [3.63, 3.8) is 0 Å². The Morgan fingerprint density at radius 2 is 1.86 bits per heavy atom. The molecule has 0 spiro atoms. The van der Waals surface area contributed by atoms with Gasteiger partial charge in [0.15, 0.2) is 0 Å². The average Bonchev–Trinajstić information content (AvgIpc) is 2.43. The summed E-state index contributed by atoms with van der Waals surface area (Å²) >= 11 is 0. The lowest BCUT2D eigenvalue weighted by atomic mass is 9.72. The van der Waals surface area contributed by atoms with E-state index in [0.717, 1.165) is 11.8 Å². The van der Waals surface area contributed by atoms with Crippen molar-refractivity contribution in [2.75, 3.05) is 6.54 Å². The molecule has 1 heterocycles. The first kappa shape index (κ1) is 10.0. The minimum Gasteiger partial charge on any atom is -0.309 e. The second-order valence-electron chi connectivity index (χ2n) is 4.30. The summed E-state index contributed by atoms with van der Waals surface area (Å²) in [6.45, 7) is 1.24. The van der Waals surface area contributed by atoms with Crippen molar-refractivity contribution in [3.05, 3.63) is 35.9 Å². The fraction of sp³-hybridized carbons (Fsp3) is 0.500. The van der Waals surface area contributed by atoms with E-state index in [4.69, 9.17) is 0 Å². The molecule has 1 saturated heterocycles. The number of nitrogens with one attached hydrogen (secondary N) is 1. The third-order valence-corrected chi connectivity index (χ3v) is 3.66. The fourth-order valence-corrected chi connectivity index (χ4v) is 2.74. The van der Waals surface area contributed by atoms with Gasteiger partial charge in [-0.05, 0) is 36.8 Å². The molecule has 0 bridgehead atoms. The Morgan fingerprint density at radius 1 is 1.07 bits per heavy atom. The predicted octanol–water partition coefficient (Wildman–Crippen LogP) is 2.78. The van der Waals surface area contributed by atoms with Crippen LogP contribution in [0.2, 0.25) is 0 Å². The molecule has 2 heteroatoms. The van der Waals surface area contributed by atoms with E-state index in [1.807, 2.05) is 0 Å². The highest BCUT2D eigenvalue weighted by atomic mass is 35.5. The number of fused-ring (bicyclic) bond motifs is 1. The maximum atomic E-state index is 3.63. The lowest BCUT2D eigenvalue weighted by molar-refractivity contribution is 0.209. The number of benzene rings is 1. The van der Waals surface area contributed by atoms with Gasteiger partial charge in [0.25, 0.3) is 0 Å². The smallest absolute Gasteiger partial charge is 0.0351 e. The molecule has 76 valence electrons. The standard InChI is InChI=1S/C12H15N.ClH/c1-2-4-9(5-3-1)12-11-7-6-10(11)8-13-12;/h1-5,10-13H,6-8H2;1H/t10-,11-,12-;/m1./s1. The van der Waals surface area contributed by atoms with Crippen molar-refractivity contribution in [2.45, 2.75) is 18.9 Å². The highest BCUT2D eigenvalue weighted by Crippen LogP contribution is 2.46. The number of rotatable bonds is 1. The average molecular weight is 210 g/mol. The van der Waals surface area contributed by atoms with Gasteiger partial charge in [-0.1, -0.05) is 30.3 Å². The molecule has 1 N–H and O–H groups in total. The summed E-state index contributed by atoms with van der Waals surface area (Å²) in [6, 6.07) is 11.5. The van der Waals surface area contributed by atoms with Crippen LogP contribution in [0.4, 0.5) is 0 Å². The number of hydrogen-bond acceptors (Lipinski definition) is 1. The molecule has 3 rings (SSSR count). The Balaban J connectivity index is 0.000000750. The van der Waals surface area contributed by atoms with Gasteiger partial charge in [0.2, 0.25) is 0 Å². The molecule has 14 heavy (non-hydrogen) atoms. The Labute approximate surface area is 91.3 Å². The summed E-state index contributed by atoms with van der Waals surface area (Å²) in [5.74, 6) is 1.91. The minimum absolute atomic E-state index is 0. The molecular weight excluding hydrogens is 194 g/mol. The molecule has 1 nitrogen and oxygen atoms in total. The molecule has 1 aromatic rings. The zero-order valence-corrected chi connectivity index (χ0v) is 8.96. The van der Waals surface area contributed by atoms with E-state index in [1.54, 1.807) is 0 Å². The molecule has 2 aliphatic rings. The summed E-state index contributed by atoms with van der Waals surface area (Å²) in [7, 11) is 0. The van der Waals surface area contributed by atoms with Crippen LogP contribution in [-0.4, -0.2) is 6.54 Å². The third kappa shape index (κ3) is 1.45. The van der Waals surface area contributed by atoms with Crippen LogP contribution in [0.1, 0.15) is 24.4 Å². The number of hydrogen-bond donors (Lipinski definition) is 1. The van der Waals surface area contributed by atoms with Gasteiger partial charge in [-0.2, -0.15) is 0 Å². The Hall–Kier alpha value is -0.530. The van der Waals surface area contributed by atoms with E-state index in [9.17, 15) is 0 Å². The second kappa shape index (κ2) is 3.92. The SMILES string of the molecule is Cl.c1ccc([C@H]2NC[C@H]3CC[C@H]32)cc1. The van der Waals surface area contributed by atoms with Gasteiger partial charge in [0, 0.05) is 6.04 Å². The molecular formula is C12H16ClN. The van der Waals surface area contributed by atoms with E-state index in [0.29, 0.717) is 6.04 Å². The largest absolute Gasteiger partial charge is 0.309 e. The van der Waals surface area contributed by atoms with Crippen molar-refractivity contribution in [1.82, 2.24) is 5.32 Å². The van der Waals surface area contributed by atoms with Crippen LogP contribution < -0.4 is 5.32 Å². The van der Waals surface area contributed by atoms with E-state index in [2.05, 4.69) is 35.6 Å². The van der Waals surface area contributed by atoms with Gasteiger partial charge in [0.1, 0.15) is 0 Å². The summed E-state index contributed by atoms with van der Waals surface area (Å²) < 4.78 is 0. The molecule has 0 radical (unpaired) electrons. The normalized spacial score (nSPS) is 34.1. The van der Waals surface area contributed by atoms with E-state index < -0.39 is 0 Å². The van der Waals surface area contributed by atoms with Crippen LogP contribution in [0.3, 0.4) is 0 Å². The molecule has 0 aromatic heterocycles. The quantitative estimate of drug-likeness (QED) is 0.750. The van der Waals surface area contributed by atoms with E-state index in [-0.39, 0.29) is 12.4 Å². The van der Waals surface area contributed by atoms with Crippen molar-refractivity contribution >= 4 is 12.4 Å². The Bertz CT molecular complexity index is 298.